The third-order valence-corrected chi connectivity index (χ3v) is 19.4. The van der Waals surface area contributed by atoms with Gasteiger partial charge in [0.2, 0.25) is 5.91 Å². The molecule has 6 heteroatoms. The molecule has 0 rings (SSSR count). The van der Waals surface area contributed by atoms with Crippen molar-refractivity contribution in [2.45, 2.75) is 475 Å². The summed E-state index contributed by atoms with van der Waals surface area (Å²) in [5.41, 5.74) is 0. The lowest BCUT2D eigenvalue weighted by Gasteiger charge is -2.22. The highest BCUT2D eigenvalue weighted by atomic mass is 16.5. The van der Waals surface area contributed by atoms with Crippen LogP contribution in [0.1, 0.15) is 463 Å². The first-order valence-corrected chi connectivity index (χ1v) is 41.2. The summed E-state index contributed by atoms with van der Waals surface area (Å²) in [5.74, 6) is -0.0157. The standard InChI is InChI=1S/C84H161NO5/c1-3-5-7-9-11-13-15-17-18-19-20-21-41-44-47-50-53-56-60-64-68-72-76-82(87)81(80-86)85-83(88)77-73-69-65-61-57-54-51-48-45-42-39-37-35-33-31-29-27-25-23-22-24-26-28-30-32-34-36-38-40-43-46-49-52-55-59-63-67-71-75-79-90-84(89)78-74-70-66-62-58-16-14-12-10-8-6-4-2/h12,14,22-23,26,28,81-82,86-87H,3-11,13,15-21,24-25,27,29-80H2,1-2H3,(H,85,88)/b14-12-,23-22-,28-26-. The molecule has 0 fully saturated rings. The van der Waals surface area contributed by atoms with Crippen LogP contribution in [0.2, 0.25) is 0 Å². The van der Waals surface area contributed by atoms with Crippen molar-refractivity contribution in [2.75, 3.05) is 13.2 Å². The number of aliphatic hydroxyl groups is 2. The Bertz CT molecular complexity index is 1460. The van der Waals surface area contributed by atoms with Crippen molar-refractivity contribution >= 4 is 11.9 Å². The predicted octanol–water partition coefficient (Wildman–Crippen LogP) is 27.4. The van der Waals surface area contributed by atoms with Crippen LogP contribution in [0.15, 0.2) is 36.5 Å². The number of esters is 1. The average Bonchev–Trinajstić information content (AvgIpc) is 3.65. The maximum absolute atomic E-state index is 12.6. The second-order valence-electron chi connectivity index (χ2n) is 28.5. The van der Waals surface area contributed by atoms with Crippen molar-refractivity contribution in [2.24, 2.45) is 0 Å². The lowest BCUT2D eigenvalue weighted by molar-refractivity contribution is -0.143. The van der Waals surface area contributed by atoms with Gasteiger partial charge in [-0.15, -0.1) is 0 Å². The first kappa shape index (κ1) is 88.1. The first-order valence-electron chi connectivity index (χ1n) is 41.2. The van der Waals surface area contributed by atoms with Gasteiger partial charge in [0.25, 0.3) is 0 Å². The molecule has 0 radical (unpaired) electrons. The normalized spacial score (nSPS) is 12.6. The van der Waals surface area contributed by atoms with E-state index in [4.69, 9.17) is 4.74 Å². The number of ether oxygens (including phenoxy) is 1. The summed E-state index contributed by atoms with van der Waals surface area (Å²) >= 11 is 0. The van der Waals surface area contributed by atoms with E-state index >= 15 is 0 Å². The maximum Gasteiger partial charge on any atom is 0.305 e. The predicted molar refractivity (Wildman–Crippen MR) is 398 cm³/mol. The molecule has 0 aromatic rings. The van der Waals surface area contributed by atoms with E-state index in [0.29, 0.717) is 25.9 Å². The molecule has 0 aromatic heterocycles. The van der Waals surface area contributed by atoms with Gasteiger partial charge in [0, 0.05) is 12.8 Å². The van der Waals surface area contributed by atoms with Crippen molar-refractivity contribution in [1.29, 1.82) is 0 Å². The van der Waals surface area contributed by atoms with Crippen LogP contribution in [0.5, 0.6) is 0 Å². The molecular formula is C84H161NO5. The molecule has 0 spiro atoms. The van der Waals surface area contributed by atoms with E-state index in [0.717, 1.165) is 51.4 Å². The molecule has 0 saturated heterocycles. The van der Waals surface area contributed by atoms with E-state index in [2.05, 4.69) is 55.6 Å². The molecular weight excluding hydrogens is 1100 g/mol. The monoisotopic (exact) mass is 1260 g/mol. The van der Waals surface area contributed by atoms with E-state index in [1.807, 2.05) is 0 Å². The van der Waals surface area contributed by atoms with Gasteiger partial charge in [-0.05, 0) is 83.5 Å². The highest BCUT2D eigenvalue weighted by molar-refractivity contribution is 5.76. The van der Waals surface area contributed by atoms with Gasteiger partial charge in [-0.3, -0.25) is 9.59 Å². The molecule has 0 saturated carbocycles. The first-order chi connectivity index (χ1) is 44.5. The summed E-state index contributed by atoms with van der Waals surface area (Å²) in [6, 6.07) is -0.540. The summed E-state index contributed by atoms with van der Waals surface area (Å²) < 4.78 is 5.48. The van der Waals surface area contributed by atoms with Gasteiger partial charge in [-0.2, -0.15) is 0 Å². The van der Waals surface area contributed by atoms with Gasteiger partial charge < -0.3 is 20.3 Å². The Morgan fingerprint density at radius 2 is 0.556 bits per heavy atom. The number of aliphatic hydroxyl groups excluding tert-OH is 2. The number of unbranched alkanes of at least 4 members (excludes halogenated alkanes) is 61. The third kappa shape index (κ3) is 75.1. The number of amides is 1. The average molecular weight is 1270 g/mol. The lowest BCUT2D eigenvalue weighted by Crippen LogP contribution is -2.45. The highest BCUT2D eigenvalue weighted by Crippen LogP contribution is 2.20. The molecule has 2 atom stereocenters. The summed E-state index contributed by atoms with van der Waals surface area (Å²) in [7, 11) is 0. The number of hydrogen-bond acceptors (Lipinski definition) is 5. The van der Waals surface area contributed by atoms with Crippen LogP contribution in [0.25, 0.3) is 0 Å². The van der Waals surface area contributed by atoms with E-state index in [1.165, 1.54) is 379 Å². The fourth-order valence-corrected chi connectivity index (χ4v) is 13.1. The van der Waals surface area contributed by atoms with Gasteiger partial charge in [0.15, 0.2) is 0 Å². The SMILES string of the molecule is CCCCC/C=C\CCCCCCCC(=O)OCCCCCCCCCCCCCCCCC/C=C\C/C=C\CCCCCCCCCCCCCCCCCCCC(=O)NC(CO)C(O)CCCCCCCCCCCCCCCCCCCCCCCC. The zero-order valence-electron chi connectivity index (χ0n) is 61.1. The molecule has 2 unspecified atom stereocenters. The molecule has 1 amide bonds. The molecule has 532 valence electrons. The Hall–Kier alpha value is -1.92. The molecule has 0 aliphatic rings. The number of rotatable bonds is 78. The van der Waals surface area contributed by atoms with Crippen molar-refractivity contribution in [1.82, 2.24) is 5.32 Å². The van der Waals surface area contributed by atoms with E-state index < -0.39 is 12.1 Å². The van der Waals surface area contributed by atoms with Gasteiger partial charge in [0.1, 0.15) is 0 Å². The van der Waals surface area contributed by atoms with Crippen molar-refractivity contribution in [3.05, 3.63) is 36.5 Å². The Kier molecular flexibility index (Phi) is 77.8. The quantitative estimate of drug-likeness (QED) is 0.0320. The minimum Gasteiger partial charge on any atom is -0.466 e. The summed E-state index contributed by atoms with van der Waals surface area (Å²) in [5, 5.41) is 23.5. The van der Waals surface area contributed by atoms with E-state index in [1.54, 1.807) is 0 Å². The zero-order valence-corrected chi connectivity index (χ0v) is 61.1. The fourth-order valence-electron chi connectivity index (χ4n) is 13.1. The molecule has 0 heterocycles. The number of nitrogens with one attached hydrogen (secondary N) is 1. The van der Waals surface area contributed by atoms with Gasteiger partial charge in [-0.25, -0.2) is 0 Å². The molecule has 3 N–H and O–H groups in total. The summed E-state index contributed by atoms with van der Waals surface area (Å²) in [4.78, 5) is 24.6. The van der Waals surface area contributed by atoms with Crippen LogP contribution in [-0.2, 0) is 14.3 Å². The van der Waals surface area contributed by atoms with Crippen LogP contribution < -0.4 is 5.32 Å². The minimum atomic E-state index is -0.664. The summed E-state index contributed by atoms with van der Waals surface area (Å²) in [6.45, 7) is 4.98. The fraction of sp³-hybridized carbons (Fsp3) is 0.905. The highest BCUT2D eigenvalue weighted by Gasteiger charge is 2.20. The summed E-state index contributed by atoms with van der Waals surface area (Å²) in [6.07, 6.45) is 104. The lowest BCUT2D eigenvalue weighted by atomic mass is 10.0. The van der Waals surface area contributed by atoms with Gasteiger partial charge in [0.05, 0.1) is 25.4 Å². The largest absolute Gasteiger partial charge is 0.466 e. The van der Waals surface area contributed by atoms with Gasteiger partial charge in [-0.1, -0.05) is 403 Å². The minimum absolute atomic E-state index is 0.0108. The van der Waals surface area contributed by atoms with Crippen LogP contribution in [0.4, 0.5) is 0 Å². The number of hydrogen-bond donors (Lipinski definition) is 3. The Morgan fingerprint density at radius 3 is 0.878 bits per heavy atom. The third-order valence-electron chi connectivity index (χ3n) is 19.4. The van der Waals surface area contributed by atoms with Gasteiger partial charge >= 0.3 is 5.97 Å². The molecule has 90 heavy (non-hydrogen) atoms. The topological polar surface area (TPSA) is 95.9 Å². The van der Waals surface area contributed by atoms with Crippen LogP contribution in [0, 0.1) is 0 Å². The Labute approximate surface area is 564 Å². The maximum atomic E-state index is 12.6. The Morgan fingerprint density at radius 1 is 0.311 bits per heavy atom. The van der Waals surface area contributed by atoms with Crippen molar-refractivity contribution in [3.63, 3.8) is 0 Å². The second-order valence-corrected chi connectivity index (χ2v) is 28.5. The van der Waals surface area contributed by atoms with Crippen molar-refractivity contribution in [3.8, 4) is 0 Å². The van der Waals surface area contributed by atoms with Crippen LogP contribution >= 0.6 is 0 Å². The van der Waals surface area contributed by atoms with Crippen LogP contribution in [0.3, 0.4) is 0 Å². The second kappa shape index (κ2) is 79.5. The Balaban J connectivity index is 3.36. The van der Waals surface area contributed by atoms with E-state index in [9.17, 15) is 19.8 Å². The number of allylic oxidation sites excluding steroid dienone is 6. The molecule has 0 bridgehead atoms. The zero-order chi connectivity index (χ0) is 64.9. The number of carbonyl (C=O) groups excluding carboxylic acids is 2. The molecule has 0 aromatic carbocycles. The van der Waals surface area contributed by atoms with E-state index in [-0.39, 0.29) is 18.5 Å². The molecule has 0 aliphatic carbocycles. The smallest absolute Gasteiger partial charge is 0.305 e. The number of carbonyl (C=O) groups is 2. The molecule has 0 aliphatic heterocycles. The van der Waals surface area contributed by atoms with Crippen LogP contribution in [-0.4, -0.2) is 47.4 Å². The van der Waals surface area contributed by atoms with Crippen molar-refractivity contribution < 1.29 is 24.5 Å². The molecule has 6 nitrogen and oxygen atoms in total.